The number of hydrogen-bond acceptors (Lipinski definition) is 6. The molecule has 11 nitrogen and oxygen atoms in total. The van der Waals surface area contributed by atoms with Crippen molar-refractivity contribution < 1.29 is 22.8 Å². The Kier molecular flexibility index (Phi) is 12.3. The van der Waals surface area contributed by atoms with Gasteiger partial charge in [0, 0.05) is 13.1 Å². The van der Waals surface area contributed by atoms with Gasteiger partial charge in [-0.1, -0.05) is 30.3 Å². The fourth-order valence-corrected chi connectivity index (χ4v) is 4.87. The quantitative estimate of drug-likeness (QED) is 0.117. The van der Waals surface area contributed by atoms with Crippen molar-refractivity contribution in [1.29, 1.82) is 0 Å². The number of benzene rings is 1. The second-order valence-electron chi connectivity index (χ2n) is 8.80. The summed E-state index contributed by atoms with van der Waals surface area (Å²) in [7, 11) is -3.69. The van der Waals surface area contributed by atoms with Crippen LogP contribution in [-0.4, -0.2) is 73.8 Å². The maximum Gasteiger partial charge on any atom is 0.246 e. The summed E-state index contributed by atoms with van der Waals surface area (Å²) in [5.74, 6) is -1.16. The highest BCUT2D eigenvalue weighted by Crippen LogP contribution is 2.30. The number of carbonyl (C=O) groups is 3. The van der Waals surface area contributed by atoms with Crippen molar-refractivity contribution >= 4 is 46.5 Å². The summed E-state index contributed by atoms with van der Waals surface area (Å²) in [4.78, 5) is 43.7. The number of aliphatic imine (C=N–C) groups is 1. The summed E-state index contributed by atoms with van der Waals surface area (Å²) >= 11 is 0. The van der Waals surface area contributed by atoms with Gasteiger partial charge in [0.05, 0.1) is 11.8 Å². The van der Waals surface area contributed by atoms with Crippen molar-refractivity contribution in [2.24, 2.45) is 16.5 Å². The van der Waals surface area contributed by atoms with Gasteiger partial charge in [-0.25, -0.2) is 13.1 Å². The fourth-order valence-electron chi connectivity index (χ4n) is 4.09. The van der Waals surface area contributed by atoms with E-state index in [0.717, 1.165) is 5.56 Å². The Hall–Kier alpha value is -2.70. The van der Waals surface area contributed by atoms with Crippen LogP contribution in [0.15, 0.2) is 35.3 Å². The lowest BCUT2D eigenvalue weighted by atomic mass is 9.95. The third-order valence-corrected chi connectivity index (χ3v) is 7.53. The first-order valence-electron chi connectivity index (χ1n) is 11.7. The van der Waals surface area contributed by atoms with E-state index >= 15 is 0 Å². The largest absolute Gasteiger partial charge is 0.370 e. The number of hydrogen-bond donors (Lipinski definition) is 4. The molecule has 1 fully saturated rings. The number of rotatable bonds is 13. The molecular formula is C23H37ClN6O5S. The van der Waals surface area contributed by atoms with Crippen LogP contribution in [-0.2, 0) is 30.8 Å². The number of nitrogens with two attached hydrogens (primary N) is 2. The Morgan fingerprint density at radius 1 is 1.25 bits per heavy atom. The van der Waals surface area contributed by atoms with Gasteiger partial charge >= 0.3 is 0 Å². The molecule has 2 rings (SSSR count). The van der Waals surface area contributed by atoms with E-state index in [1.54, 1.807) is 6.92 Å². The summed E-state index contributed by atoms with van der Waals surface area (Å²) in [6.07, 6.45) is 2.58. The highest BCUT2D eigenvalue weighted by atomic mass is 35.5. The molecule has 1 saturated heterocycles. The second kappa shape index (κ2) is 14.1. The van der Waals surface area contributed by atoms with Crippen LogP contribution < -0.4 is 21.5 Å². The lowest BCUT2D eigenvalue weighted by Crippen LogP contribution is -2.61. The fraction of sp³-hybridized carbons (Fsp3) is 0.565. The molecule has 1 aliphatic rings. The zero-order chi connectivity index (χ0) is 26.1. The summed E-state index contributed by atoms with van der Waals surface area (Å²) in [6.45, 7) is 3.76. The molecule has 0 aromatic heterocycles. The van der Waals surface area contributed by atoms with Crippen molar-refractivity contribution in [2.45, 2.75) is 63.6 Å². The standard InChI is InChI=1S/C23H36N6O5S.ClH/c1-3-35(33,34)28-19(15-17-9-5-4-6-10-17)20(31)29-14-8-12-23(29,2)21(32)27-18(16-30)11-7-13-26-22(24)25;/h4-6,9-10,16,18-19,28H,3,7-8,11-15H2,1-2H3,(H,27,32)(H4,24,25,26);1H/t18-,19-,23-;/m0./s1. The molecule has 0 aliphatic carbocycles. The predicted molar refractivity (Wildman–Crippen MR) is 141 cm³/mol. The van der Waals surface area contributed by atoms with E-state index in [0.29, 0.717) is 45.1 Å². The van der Waals surface area contributed by atoms with Gasteiger partial charge in [-0.05, 0) is 51.5 Å². The van der Waals surface area contributed by atoms with Crippen molar-refractivity contribution in [3.8, 4) is 0 Å². The molecule has 0 bridgehead atoms. The minimum Gasteiger partial charge on any atom is -0.370 e. The molecule has 13 heteroatoms. The second-order valence-corrected chi connectivity index (χ2v) is 10.8. The first-order chi connectivity index (χ1) is 16.5. The zero-order valence-electron chi connectivity index (χ0n) is 20.7. The van der Waals surface area contributed by atoms with Crippen LogP contribution in [0.4, 0.5) is 0 Å². The van der Waals surface area contributed by atoms with Crippen LogP contribution in [0.5, 0.6) is 0 Å². The van der Waals surface area contributed by atoms with E-state index in [9.17, 15) is 22.8 Å². The maximum atomic E-state index is 13.6. The van der Waals surface area contributed by atoms with Crippen molar-refractivity contribution in [2.75, 3.05) is 18.8 Å². The third kappa shape index (κ3) is 8.75. The number of sulfonamides is 1. The van der Waals surface area contributed by atoms with E-state index in [1.807, 2.05) is 30.3 Å². The van der Waals surface area contributed by atoms with Gasteiger partial charge in [-0.15, -0.1) is 12.4 Å². The molecule has 0 spiro atoms. The lowest BCUT2D eigenvalue weighted by Gasteiger charge is -2.37. The van der Waals surface area contributed by atoms with Gasteiger partial charge in [-0.3, -0.25) is 14.6 Å². The van der Waals surface area contributed by atoms with Crippen LogP contribution in [0.25, 0.3) is 0 Å². The number of carbonyl (C=O) groups excluding carboxylic acids is 3. The topological polar surface area (TPSA) is 177 Å². The average molecular weight is 545 g/mol. The number of nitrogens with one attached hydrogen (secondary N) is 2. The Bertz CT molecular complexity index is 1020. The Morgan fingerprint density at radius 2 is 1.92 bits per heavy atom. The van der Waals surface area contributed by atoms with Gasteiger partial charge in [0.25, 0.3) is 0 Å². The Balaban J connectivity index is 0.00000648. The number of halogens is 1. The summed E-state index contributed by atoms with van der Waals surface area (Å²) in [6, 6.07) is 7.26. The number of amides is 2. The molecule has 6 N–H and O–H groups in total. The van der Waals surface area contributed by atoms with Crippen molar-refractivity contribution in [3.63, 3.8) is 0 Å². The van der Waals surface area contributed by atoms with Gasteiger partial charge in [-0.2, -0.15) is 0 Å². The van der Waals surface area contributed by atoms with E-state index in [-0.39, 0.29) is 30.5 Å². The number of guanidine groups is 1. The summed E-state index contributed by atoms with van der Waals surface area (Å²) in [5.41, 5.74) is 10.2. The number of aldehydes is 1. The first-order valence-corrected chi connectivity index (χ1v) is 13.3. The van der Waals surface area contributed by atoms with Gasteiger partial charge in [0.15, 0.2) is 5.96 Å². The van der Waals surface area contributed by atoms with E-state index in [4.69, 9.17) is 11.5 Å². The molecule has 36 heavy (non-hydrogen) atoms. The summed E-state index contributed by atoms with van der Waals surface area (Å²) < 4.78 is 27.2. The molecule has 2 amide bonds. The Morgan fingerprint density at radius 3 is 2.50 bits per heavy atom. The first kappa shape index (κ1) is 31.3. The molecule has 1 aliphatic heterocycles. The van der Waals surface area contributed by atoms with Crippen LogP contribution >= 0.6 is 12.4 Å². The molecular weight excluding hydrogens is 508 g/mol. The molecule has 0 unspecified atom stereocenters. The number of nitrogens with zero attached hydrogens (tertiary/aromatic N) is 2. The molecule has 0 saturated carbocycles. The van der Waals surface area contributed by atoms with Crippen LogP contribution in [0, 0.1) is 0 Å². The van der Waals surface area contributed by atoms with Crippen molar-refractivity contribution in [3.05, 3.63) is 35.9 Å². The average Bonchev–Trinajstić information content (AvgIpc) is 3.23. The van der Waals surface area contributed by atoms with Crippen molar-refractivity contribution in [1.82, 2.24) is 14.9 Å². The zero-order valence-corrected chi connectivity index (χ0v) is 22.3. The Labute approximate surface area is 218 Å². The predicted octanol–water partition coefficient (Wildman–Crippen LogP) is 0.0772. The minimum atomic E-state index is -3.69. The van der Waals surface area contributed by atoms with Crippen LogP contribution in [0.1, 0.15) is 45.1 Å². The van der Waals surface area contributed by atoms with Gasteiger partial charge in [0.2, 0.25) is 21.8 Å². The maximum absolute atomic E-state index is 13.6. The molecule has 0 radical (unpaired) electrons. The monoisotopic (exact) mass is 544 g/mol. The molecule has 1 aromatic rings. The highest BCUT2D eigenvalue weighted by Gasteiger charge is 2.48. The number of likely N-dealkylation sites (tertiary alicyclic amines) is 1. The van der Waals surface area contributed by atoms with Gasteiger partial charge in [0.1, 0.15) is 17.9 Å². The molecule has 1 heterocycles. The van der Waals surface area contributed by atoms with Crippen LogP contribution in [0.3, 0.4) is 0 Å². The van der Waals surface area contributed by atoms with E-state index in [1.165, 1.54) is 11.8 Å². The lowest BCUT2D eigenvalue weighted by molar-refractivity contribution is -0.145. The van der Waals surface area contributed by atoms with Crippen LogP contribution in [0.2, 0.25) is 0 Å². The molecule has 1 aromatic carbocycles. The summed E-state index contributed by atoms with van der Waals surface area (Å²) in [5, 5.41) is 2.72. The minimum absolute atomic E-state index is 0. The van der Waals surface area contributed by atoms with Gasteiger partial charge < -0.3 is 26.5 Å². The SMILES string of the molecule is CCS(=O)(=O)N[C@@H](Cc1ccccc1)C(=O)N1CCC[C@@]1(C)C(=O)N[C@H](C=O)CCCN=C(N)N.Cl. The van der Waals surface area contributed by atoms with E-state index < -0.39 is 39.5 Å². The highest BCUT2D eigenvalue weighted by molar-refractivity contribution is 7.89. The van der Waals surface area contributed by atoms with E-state index in [2.05, 4.69) is 15.0 Å². The molecule has 3 atom stereocenters. The smallest absolute Gasteiger partial charge is 0.246 e. The normalized spacial score (nSPS) is 19.0. The molecule has 202 valence electrons. The third-order valence-electron chi connectivity index (χ3n) is 6.13.